The van der Waals surface area contributed by atoms with Crippen molar-refractivity contribution in [2.45, 2.75) is 12.5 Å². The third-order valence-corrected chi connectivity index (χ3v) is 3.21. The molecular formula is C14H17NO2. The van der Waals surface area contributed by atoms with Crippen molar-refractivity contribution >= 4 is 6.08 Å². The molecule has 1 aromatic rings. The number of morpholine rings is 1. The topological polar surface area (TPSA) is 30.5 Å². The number of nitrogens with one attached hydrogen (secondary N) is 1. The number of benzene rings is 1. The van der Waals surface area contributed by atoms with E-state index in [9.17, 15) is 0 Å². The summed E-state index contributed by atoms with van der Waals surface area (Å²) < 4.78 is 11.5. The Balaban J connectivity index is 1.65. The van der Waals surface area contributed by atoms with Crippen molar-refractivity contribution in [2.24, 2.45) is 0 Å². The minimum atomic E-state index is 0.171. The summed E-state index contributed by atoms with van der Waals surface area (Å²) in [4.78, 5) is 0. The van der Waals surface area contributed by atoms with Crippen LogP contribution in [0.25, 0.3) is 6.08 Å². The lowest BCUT2D eigenvalue weighted by molar-refractivity contribution is 0.000150. The standard InChI is InChI=1S/C14H17NO2/c1-3-11-4-2-6-14(13(11)5-1)17-10-12-9-15-7-8-16-12/h1-2,4-6,12,15H,3,7-10H2. The minimum absolute atomic E-state index is 0.171. The van der Waals surface area contributed by atoms with Crippen molar-refractivity contribution in [3.63, 3.8) is 0 Å². The second-order valence-electron chi connectivity index (χ2n) is 4.44. The average Bonchev–Trinajstić information content (AvgIpc) is 2.86. The number of allylic oxidation sites excluding steroid dienone is 1. The Kier molecular flexibility index (Phi) is 3.12. The van der Waals surface area contributed by atoms with Gasteiger partial charge in [-0.05, 0) is 18.1 Å². The van der Waals surface area contributed by atoms with Gasteiger partial charge in [-0.25, -0.2) is 0 Å². The van der Waals surface area contributed by atoms with E-state index in [1.165, 1.54) is 11.1 Å². The summed E-state index contributed by atoms with van der Waals surface area (Å²) >= 11 is 0. The maximum atomic E-state index is 5.87. The summed E-state index contributed by atoms with van der Waals surface area (Å²) in [7, 11) is 0. The Morgan fingerprint density at radius 1 is 1.41 bits per heavy atom. The van der Waals surface area contributed by atoms with Gasteiger partial charge in [-0.3, -0.25) is 0 Å². The Bertz CT molecular complexity index is 422. The van der Waals surface area contributed by atoms with Gasteiger partial charge in [0.25, 0.3) is 0 Å². The van der Waals surface area contributed by atoms with Gasteiger partial charge in [0.2, 0.25) is 0 Å². The van der Waals surface area contributed by atoms with E-state index in [2.05, 4.69) is 29.6 Å². The third-order valence-electron chi connectivity index (χ3n) is 3.21. The first-order chi connectivity index (χ1) is 8.43. The SMILES string of the molecule is C1=Cc2c(cccc2OCC2CNCCO2)C1. The molecule has 1 N–H and O–H groups in total. The molecule has 1 aliphatic heterocycles. The highest BCUT2D eigenvalue weighted by Gasteiger charge is 2.16. The molecule has 90 valence electrons. The summed E-state index contributed by atoms with van der Waals surface area (Å²) in [5.41, 5.74) is 2.58. The Morgan fingerprint density at radius 2 is 2.41 bits per heavy atom. The van der Waals surface area contributed by atoms with E-state index in [1.54, 1.807) is 0 Å². The molecule has 3 rings (SSSR count). The zero-order valence-corrected chi connectivity index (χ0v) is 9.82. The van der Waals surface area contributed by atoms with E-state index >= 15 is 0 Å². The third kappa shape index (κ3) is 2.35. The summed E-state index contributed by atoms with van der Waals surface area (Å²) in [6.07, 6.45) is 5.51. The zero-order chi connectivity index (χ0) is 11.5. The molecule has 0 radical (unpaired) electrons. The molecule has 1 aliphatic carbocycles. The van der Waals surface area contributed by atoms with Crippen LogP contribution in [0.3, 0.4) is 0 Å². The summed E-state index contributed by atoms with van der Waals surface area (Å²) in [5.74, 6) is 0.977. The van der Waals surface area contributed by atoms with Crippen molar-refractivity contribution in [1.82, 2.24) is 5.32 Å². The molecule has 0 spiro atoms. The Morgan fingerprint density at radius 3 is 3.29 bits per heavy atom. The second-order valence-corrected chi connectivity index (χ2v) is 4.44. The molecule has 3 nitrogen and oxygen atoms in total. The molecule has 0 bridgehead atoms. The number of ether oxygens (including phenoxy) is 2. The average molecular weight is 231 g/mol. The van der Waals surface area contributed by atoms with E-state index < -0.39 is 0 Å². The van der Waals surface area contributed by atoms with Gasteiger partial charge in [0.05, 0.1) is 6.61 Å². The van der Waals surface area contributed by atoms with Gasteiger partial charge in [0.15, 0.2) is 0 Å². The summed E-state index contributed by atoms with van der Waals surface area (Å²) in [6, 6.07) is 6.24. The van der Waals surface area contributed by atoms with Crippen molar-refractivity contribution in [1.29, 1.82) is 0 Å². The number of rotatable bonds is 3. The van der Waals surface area contributed by atoms with Crippen LogP contribution >= 0.6 is 0 Å². The van der Waals surface area contributed by atoms with E-state index in [4.69, 9.17) is 9.47 Å². The lowest BCUT2D eigenvalue weighted by Gasteiger charge is -2.24. The molecule has 3 heteroatoms. The molecule has 1 atom stereocenters. The summed E-state index contributed by atoms with van der Waals surface area (Å²) in [6.45, 7) is 3.23. The van der Waals surface area contributed by atoms with E-state index in [0.29, 0.717) is 6.61 Å². The quantitative estimate of drug-likeness (QED) is 0.857. The predicted molar refractivity (Wildman–Crippen MR) is 67.3 cm³/mol. The van der Waals surface area contributed by atoms with Crippen LogP contribution in [0.4, 0.5) is 0 Å². The van der Waals surface area contributed by atoms with Gasteiger partial charge >= 0.3 is 0 Å². The first-order valence-corrected chi connectivity index (χ1v) is 6.17. The fourth-order valence-corrected chi connectivity index (χ4v) is 2.30. The first-order valence-electron chi connectivity index (χ1n) is 6.17. The number of fused-ring (bicyclic) bond motifs is 1. The Labute approximate surface area is 101 Å². The number of hydrogen-bond donors (Lipinski definition) is 1. The predicted octanol–water partition coefficient (Wildman–Crippen LogP) is 1.62. The van der Waals surface area contributed by atoms with Crippen molar-refractivity contribution in [2.75, 3.05) is 26.3 Å². The maximum Gasteiger partial charge on any atom is 0.126 e. The molecule has 1 heterocycles. The van der Waals surface area contributed by atoms with Crippen LogP contribution < -0.4 is 10.1 Å². The first kappa shape index (κ1) is 10.8. The molecular weight excluding hydrogens is 214 g/mol. The fraction of sp³-hybridized carbons (Fsp3) is 0.429. The van der Waals surface area contributed by atoms with Crippen molar-refractivity contribution in [3.05, 3.63) is 35.4 Å². The van der Waals surface area contributed by atoms with E-state index in [1.807, 2.05) is 6.07 Å². The largest absolute Gasteiger partial charge is 0.490 e. The molecule has 0 aromatic heterocycles. The van der Waals surface area contributed by atoms with Gasteiger partial charge in [0.1, 0.15) is 18.5 Å². The molecule has 1 fully saturated rings. The van der Waals surface area contributed by atoms with Crippen LogP contribution in [0.1, 0.15) is 11.1 Å². The molecule has 2 aliphatic rings. The lowest BCUT2D eigenvalue weighted by Crippen LogP contribution is -2.41. The molecule has 17 heavy (non-hydrogen) atoms. The molecule has 1 unspecified atom stereocenters. The van der Waals surface area contributed by atoms with Crippen LogP contribution in [0.15, 0.2) is 24.3 Å². The minimum Gasteiger partial charge on any atom is -0.490 e. The zero-order valence-electron chi connectivity index (χ0n) is 9.82. The van der Waals surface area contributed by atoms with Gasteiger partial charge in [-0.15, -0.1) is 0 Å². The van der Waals surface area contributed by atoms with Gasteiger partial charge in [0, 0.05) is 18.7 Å². The number of hydrogen-bond acceptors (Lipinski definition) is 3. The molecule has 0 amide bonds. The van der Waals surface area contributed by atoms with Crippen molar-refractivity contribution < 1.29 is 9.47 Å². The van der Waals surface area contributed by atoms with Gasteiger partial charge in [-0.1, -0.05) is 24.3 Å². The van der Waals surface area contributed by atoms with Crippen LogP contribution in [0, 0.1) is 0 Å². The highest BCUT2D eigenvalue weighted by molar-refractivity contribution is 5.66. The van der Waals surface area contributed by atoms with Gasteiger partial charge in [-0.2, -0.15) is 0 Å². The van der Waals surface area contributed by atoms with Crippen LogP contribution in [0.2, 0.25) is 0 Å². The molecule has 1 saturated heterocycles. The Hall–Kier alpha value is -1.32. The van der Waals surface area contributed by atoms with Gasteiger partial charge < -0.3 is 14.8 Å². The normalized spacial score (nSPS) is 22.5. The maximum absolute atomic E-state index is 5.87. The monoisotopic (exact) mass is 231 g/mol. The fourth-order valence-electron chi connectivity index (χ4n) is 2.30. The van der Waals surface area contributed by atoms with E-state index in [-0.39, 0.29) is 6.10 Å². The smallest absolute Gasteiger partial charge is 0.126 e. The van der Waals surface area contributed by atoms with Crippen LogP contribution in [-0.4, -0.2) is 32.4 Å². The van der Waals surface area contributed by atoms with Crippen LogP contribution in [-0.2, 0) is 11.2 Å². The van der Waals surface area contributed by atoms with Crippen LogP contribution in [0.5, 0.6) is 5.75 Å². The lowest BCUT2D eigenvalue weighted by atomic mass is 10.1. The highest BCUT2D eigenvalue weighted by Crippen LogP contribution is 2.29. The van der Waals surface area contributed by atoms with Crippen molar-refractivity contribution in [3.8, 4) is 5.75 Å². The second kappa shape index (κ2) is 4.90. The highest BCUT2D eigenvalue weighted by atomic mass is 16.5. The van der Waals surface area contributed by atoms with E-state index in [0.717, 1.165) is 31.9 Å². The summed E-state index contributed by atoms with van der Waals surface area (Å²) in [5, 5.41) is 3.30. The molecule has 0 saturated carbocycles. The molecule has 1 aromatic carbocycles.